The minimum atomic E-state index is -4.67. The number of carbonyl (C=O) groups is 1. The van der Waals surface area contributed by atoms with Crippen LogP contribution in [0, 0.1) is 0 Å². The van der Waals surface area contributed by atoms with Crippen LogP contribution in [-0.4, -0.2) is 28.8 Å². The van der Waals surface area contributed by atoms with E-state index in [0.717, 1.165) is 17.2 Å². The SMILES string of the molecule is O=Cc1cccc2cccnc12.O=S(=O)(O)O. The fourth-order valence-corrected chi connectivity index (χ4v) is 1.22. The highest BCUT2D eigenvalue weighted by atomic mass is 32.3. The number of fused-ring (bicyclic) bond motifs is 1. The molecule has 1 aromatic heterocycles. The van der Waals surface area contributed by atoms with E-state index >= 15 is 0 Å². The summed E-state index contributed by atoms with van der Waals surface area (Å²) in [5.74, 6) is 0. The van der Waals surface area contributed by atoms with Crippen molar-refractivity contribution in [1.82, 2.24) is 4.98 Å². The van der Waals surface area contributed by atoms with Gasteiger partial charge in [-0.3, -0.25) is 18.9 Å². The van der Waals surface area contributed by atoms with Crippen LogP contribution in [0.2, 0.25) is 0 Å². The van der Waals surface area contributed by atoms with Gasteiger partial charge in [-0.25, -0.2) is 0 Å². The number of aromatic nitrogens is 1. The molecule has 2 aromatic rings. The largest absolute Gasteiger partial charge is 0.394 e. The van der Waals surface area contributed by atoms with Crippen LogP contribution in [-0.2, 0) is 10.4 Å². The zero-order valence-corrected chi connectivity index (χ0v) is 9.33. The van der Waals surface area contributed by atoms with Gasteiger partial charge in [-0.05, 0) is 12.1 Å². The molecule has 7 heteroatoms. The molecular formula is C10H9NO5S. The zero-order chi connectivity index (χ0) is 12.9. The van der Waals surface area contributed by atoms with E-state index in [4.69, 9.17) is 17.5 Å². The number of nitrogens with zero attached hydrogens (tertiary/aromatic N) is 1. The van der Waals surface area contributed by atoms with Gasteiger partial charge in [0.25, 0.3) is 0 Å². The summed E-state index contributed by atoms with van der Waals surface area (Å²) in [5, 5.41) is 1.00. The van der Waals surface area contributed by atoms with E-state index in [1.165, 1.54) is 0 Å². The quantitative estimate of drug-likeness (QED) is 0.589. The van der Waals surface area contributed by atoms with Crippen molar-refractivity contribution in [1.29, 1.82) is 0 Å². The highest BCUT2D eigenvalue weighted by Crippen LogP contribution is 2.13. The number of para-hydroxylation sites is 1. The minimum absolute atomic E-state index is 0.646. The molecule has 0 aliphatic heterocycles. The lowest BCUT2D eigenvalue weighted by atomic mass is 10.1. The average molecular weight is 255 g/mol. The molecule has 0 saturated carbocycles. The van der Waals surface area contributed by atoms with Crippen molar-refractivity contribution in [3.05, 3.63) is 42.1 Å². The minimum Gasteiger partial charge on any atom is -0.298 e. The molecule has 1 heterocycles. The van der Waals surface area contributed by atoms with Crippen LogP contribution >= 0.6 is 0 Å². The number of hydrogen-bond donors (Lipinski definition) is 2. The maximum atomic E-state index is 10.6. The van der Waals surface area contributed by atoms with Gasteiger partial charge in [0.1, 0.15) is 0 Å². The van der Waals surface area contributed by atoms with Gasteiger partial charge in [-0.1, -0.05) is 18.2 Å². The van der Waals surface area contributed by atoms with Crippen LogP contribution < -0.4 is 0 Å². The summed E-state index contributed by atoms with van der Waals surface area (Å²) in [4.78, 5) is 14.7. The second-order valence-corrected chi connectivity index (χ2v) is 3.88. The second kappa shape index (κ2) is 5.48. The van der Waals surface area contributed by atoms with Crippen molar-refractivity contribution in [3.8, 4) is 0 Å². The summed E-state index contributed by atoms with van der Waals surface area (Å²) in [6.45, 7) is 0. The first-order valence-electron chi connectivity index (χ1n) is 4.40. The molecule has 0 bridgehead atoms. The molecule has 17 heavy (non-hydrogen) atoms. The summed E-state index contributed by atoms with van der Waals surface area (Å²) in [6, 6.07) is 9.36. The molecular weight excluding hydrogens is 246 g/mol. The average Bonchev–Trinajstić information content (AvgIpc) is 2.26. The van der Waals surface area contributed by atoms with E-state index in [9.17, 15) is 4.79 Å². The van der Waals surface area contributed by atoms with Crippen molar-refractivity contribution in [2.24, 2.45) is 0 Å². The van der Waals surface area contributed by atoms with E-state index in [2.05, 4.69) is 4.98 Å². The van der Waals surface area contributed by atoms with Gasteiger partial charge in [0.2, 0.25) is 0 Å². The number of carbonyl (C=O) groups excluding carboxylic acids is 1. The standard InChI is InChI=1S/C10H7NO.H2O4S/c12-7-9-4-1-3-8-5-2-6-11-10(8)9;1-5(2,3)4/h1-7H;(H2,1,2,3,4). The lowest BCUT2D eigenvalue weighted by molar-refractivity contribution is 0.112. The van der Waals surface area contributed by atoms with Crippen LogP contribution in [0.25, 0.3) is 10.9 Å². The zero-order valence-electron chi connectivity index (χ0n) is 8.52. The topological polar surface area (TPSA) is 105 Å². The first-order valence-corrected chi connectivity index (χ1v) is 5.80. The van der Waals surface area contributed by atoms with Crippen LogP contribution in [0.4, 0.5) is 0 Å². The molecule has 0 spiro atoms. The Hall–Kier alpha value is -1.83. The van der Waals surface area contributed by atoms with E-state index in [-0.39, 0.29) is 0 Å². The molecule has 1 aromatic carbocycles. The molecule has 0 fully saturated rings. The molecule has 6 nitrogen and oxygen atoms in total. The second-order valence-electron chi connectivity index (χ2n) is 2.99. The molecule has 0 atom stereocenters. The van der Waals surface area contributed by atoms with Gasteiger partial charge < -0.3 is 0 Å². The number of rotatable bonds is 1. The number of aldehydes is 1. The molecule has 0 radical (unpaired) electrons. The molecule has 0 saturated heterocycles. The predicted molar refractivity (Wildman–Crippen MR) is 61.3 cm³/mol. The summed E-state index contributed by atoms with van der Waals surface area (Å²) in [7, 11) is -4.67. The van der Waals surface area contributed by atoms with Crippen LogP contribution in [0.15, 0.2) is 36.5 Å². The summed E-state index contributed by atoms with van der Waals surface area (Å²) >= 11 is 0. The predicted octanol–water partition coefficient (Wildman–Crippen LogP) is 1.39. The van der Waals surface area contributed by atoms with Crippen LogP contribution in [0.1, 0.15) is 10.4 Å². The Balaban J connectivity index is 0.000000249. The fraction of sp³-hybridized carbons (Fsp3) is 0. The normalized spacial score (nSPS) is 10.5. The van der Waals surface area contributed by atoms with Crippen molar-refractivity contribution in [2.45, 2.75) is 0 Å². The van der Waals surface area contributed by atoms with Crippen molar-refractivity contribution in [2.75, 3.05) is 0 Å². The Morgan fingerprint density at radius 2 is 1.71 bits per heavy atom. The smallest absolute Gasteiger partial charge is 0.298 e. The number of pyridine rings is 1. The molecule has 0 amide bonds. The third kappa shape index (κ3) is 4.68. The summed E-state index contributed by atoms with van der Waals surface area (Å²) in [6.07, 6.45) is 2.52. The molecule has 2 N–H and O–H groups in total. The maximum Gasteiger partial charge on any atom is 0.394 e. The first kappa shape index (κ1) is 13.2. The van der Waals surface area contributed by atoms with Crippen molar-refractivity contribution < 1.29 is 22.3 Å². The first-order chi connectivity index (χ1) is 7.92. The summed E-state index contributed by atoms with van der Waals surface area (Å²) < 4.78 is 31.6. The Morgan fingerprint density at radius 1 is 1.12 bits per heavy atom. The molecule has 0 aliphatic carbocycles. The van der Waals surface area contributed by atoms with E-state index in [1.807, 2.05) is 24.3 Å². The Labute approximate surface area is 97.5 Å². The van der Waals surface area contributed by atoms with Crippen molar-refractivity contribution >= 4 is 27.6 Å². The Bertz CT molecular complexity index is 610. The molecule has 90 valence electrons. The fourth-order valence-electron chi connectivity index (χ4n) is 1.22. The maximum absolute atomic E-state index is 10.6. The highest BCUT2D eigenvalue weighted by molar-refractivity contribution is 7.79. The van der Waals surface area contributed by atoms with Gasteiger partial charge in [-0.2, -0.15) is 8.42 Å². The van der Waals surface area contributed by atoms with Gasteiger partial charge in [0.05, 0.1) is 5.52 Å². The van der Waals surface area contributed by atoms with Crippen LogP contribution in [0.5, 0.6) is 0 Å². The Kier molecular flexibility index (Phi) is 4.27. The number of benzene rings is 1. The summed E-state index contributed by atoms with van der Waals surface area (Å²) in [5.41, 5.74) is 1.42. The van der Waals surface area contributed by atoms with Gasteiger partial charge in [0.15, 0.2) is 6.29 Å². The van der Waals surface area contributed by atoms with Crippen molar-refractivity contribution in [3.63, 3.8) is 0 Å². The van der Waals surface area contributed by atoms with E-state index < -0.39 is 10.4 Å². The van der Waals surface area contributed by atoms with Gasteiger partial charge >= 0.3 is 10.4 Å². The lowest BCUT2D eigenvalue weighted by Crippen LogP contribution is -1.89. The monoisotopic (exact) mass is 255 g/mol. The van der Waals surface area contributed by atoms with Gasteiger partial charge in [0, 0.05) is 17.1 Å². The third-order valence-electron chi connectivity index (χ3n) is 1.79. The highest BCUT2D eigenvalue weighted by Gasteiger charge is 1.97. The molecule has 2 rings (SSSR count). The molecule has 0 aliphatic rings. The number of hydrogen-bond acceptors (Lipinski definition) is 4. The van der Waals surface area contributed by atoms with E-state index in [1.54, 1.807) is 12.3 Å². The van der Waals surface area contributed by atoms with Crippen LogP contribution in [0.3, 0.4) is 0 Å². The lowest BCUT2D eigenvalue weighted by Gasteiger charge is -1.96. The molecule has 0 unspecified atom stereocenters. The van der Waals surface area contributed by atoms with E-state index in [0.29, 0.717) is 5.56 Å². The third-order valence-corrected chi connectivity index (χ3v) is 1.79. The Morgan fingerprint density at radius 3 is 2.29 bits per heavy atom. The van der Waals surface area contributed by atoms with Gasteiger partial charge in [-0.15, -0.1) is 0 Å².